The van der Waals surface area contributed by atoms with Gasteiger partial charge in [-0.25, -0.2) is 0 Å². The molecule has 1 heterocycles. The minimum absolute atomic E-state index is 0.486. The van der Waals surface area contributed by atoms with Crippen molar-refractivity contribution in [1.29, 1.82) is 0 Å². The Labute approximate surface area is 115 Å². The third kappa shape index (κ3) is 4.25. The van der Waals surface area contributed by atoms with Crippen LogP contribution in [0.5, 0.6) is 0 Å². The molecule has 0 aliphatic carbocycles. The summed E-state index contributed by atoms with van der Waals surface area (Å²) in [6, 6.07) is 11.4. The van der Waals surface area contributed by atoms with Gasteiger partial charge in [-0.3, -0.25) is 0 Å². The Kier molecular flexibility index (Phi) is 4.80. The molecule has 0 fully saturated rings. The van der Waals surface area contributed by atoms with Gasteiger partial charge in [0.25, 0.3) is 0 Å². The normalized spacial score (nSPS) is 12.8. The average molecular weight is 257 g/mol. The van der Waals surface area contributed by atoms with Gasteiger partial charge in [-0.2, -0.15) is 0 Å². The molecule has 2 rings (SSSR count). The van der Waals surface area contributed by atoms with Crippen molar-refractivity contribution in [2.24, 2.45) is 0 Å². The lowest BCUT2D eigenvalue weighted by Crippen LogP contribution is -2.28. The molecule has 102 valence electrons. The van der Waals surface area contributed by atoms with Crippen LogP contribution < -0.4 is 5.32 Å². The lowest BCUT2D eigenvalue weighted by Gasteiger charge is -2.19. The summed E-state index contributed by atoms with van der Waals surface area (Å²) in [6.07, 6.45) is 4.61. The Morgan fingerprint density at radius 2 is 2.05 bits per heavy atom. The fourth-order valence-corrected chi connectivity index (χ4v) is 2.30. The van der Waals surface area contributed by atoms with E-state index in [0.29, 0.717) is 12.0 Å². The van der Waals surface area contributed by atoms with Crippen LogP contribution in [0.1, 0.15) is 36.5 Å². The maximum absolute atomic E-state index is 5.18. The quantitative estimate of drug-likeness (QED) is 0.848. The Balaban J connectivity index is 2.13. The molecule has 0 saturated carbocycles. The third-order valence-electron chi connectivity index (χ3n) is 3.35. The largest absolute Gasteiger partial charge is 0.472 e. The second kappa shape index (κ2) is 6.58. The fraction of sp³-hybridized carbons (Fsp3) is 0.412. The van der Waals surface area contributed by atoms with E-state index in [1.54, 1.807) is 6.26 Å². The molecular formula is C17H23NO. The van der Waals surface area contributed by atoms with Gasteiger partial charge < -0.3 is 9.73 Å². The standard InChI is InChI=1S/C17H23NO/c1-13(2)18-11-17(10-15-7-8-19-12-15)16-6-4-5-14(3)9-16/h4-9,12-13,17-18H,10-11H2,1-3H3. The molecule has 0 amide bonds. The summed E-state index contributed by atoms with van der Waals surface area (Å²) in [5.74, 6) is 0.486. The van der Waals surface area contributed by atoms with Crippen molar-refractivity contribution in [2.45, 2.75) is 39.2 Å². The molecule has 19 heavy (non-hydrogen) atoms. The van der Waals surface area contributed by atoms with Gasteiger partial charge in [-0.1, -0.05) is 43.7 Å². The number of rotatable bonds is 6. The summed E-state index contributed by atoms with van der Waals surface area (Å²) in [4.78, 5) is 0. The molecule has 0 saturated heterocycles. The minimum Gasteiger partial charge on any atom is -0.472 e. The van der Waals surface area contributed by atoms with Crippen molar-refractivity contribution in [3.8, 4) is 0 Å². The van der Waals surface area contributed by atoms with Crippen LogP contribution in [0.2, 0.25) is 0 Å². The molecule has 0 bridgehead atoms. The van der Waals surface area contributed by atoms with Crippen molar-refractivity contribution in [1.82, 2.24) is 5.32 Å². The summed E-state index contributed by atoms with van der Waals surface area (Å²) < 4.78 is 5.18. The molecular weight excluding hydrogens is 234 g/mol. The lowest BCUT2D eigenvalue weighted by molar-refractivity contribution is 0.521. The van der Waals surface area contributed by atoms with E-state index in [2.05, 4.69) is 56.4 Å². The van der Waals surface area contributed by atoms with Crippen LogP contribution in [0.4, 0.5) is 0 Å². The maximum Gasteiger partial charge on any atom is 0.0934 e. The van der Waals surface area contributed by atoms with Gasteiger partial charge in [-0.15, -0.1) is 0 Å². The highest BCUT2D eigenvalue weighted by atomic mass is 16.3. The summed E-state index contributed by atoms with van der Waals surface area (Å²) in [6.45, 7) is 7.51. The second-order valence-electron chi connectivity index (χ2n) is 5.51. The number of hydrogen-bond donors (Lipinski definition) is 1. The predicted molar refractivity (Wildman–Crippen MR) is 79.5 cm³/mol. The number of hydrogen-bond acceptors (Lipinski definition) is 2. The zero-order chi connectivity index (χ0) is 13.7. The van der Waals surface area contributed by atoms with Gasteiger partial charge in [0, 0.05) is 18.5 Å². The van der Waals surface area contributed by atoms with Crippen molar-refractivity contribution in [3.05, 3.63) is 59.5 Å². The third-order valence-corrected chi connectivity index (χ3v) is 3.35. The van der Waals surface area contributed by atoms with Crippen LogP contribution in [0.25, 0.3) is 0 Å². The van der Waals surface area contributed by atoms with Crippen LogP contribution in [0, 0.1) is 6.92 Å². The van der Waals surface area contributed by atoms with Crippen LogP contribution in [-0.2, 0) is 6.42 Å². The van der Waals surface area contributed by atoms with Crippen molar-refractivity contribution >= 4 is 0 Å². The number of nitrogens with one attached hydrogen (secondary N) is 1. The van der Waals surface area contributed by atoms with E-state index in [9.17, 15) is 0 Å². The Morgan fingerprint density at radius 3 is 2.68 bits per heavy atom. The summed E-state index contributed by atoms with van der Waals surface area (Å²) >= 11 is 0. The van der Waals surface area contributed by atoms with E-state index in [-0.39, 0.29) is 0 Å². The summed E-state index contributed by atoms with van der Waals surface area (Å²) in [5.41, 5.74) is 3.98. The van der Waals surface area contributed by atoms with Crippen LogP contribution >= 0.6 is 0 Å². The fourth-order valence-electron chi connectivity index (χ4n) is 2.30. The zero-order valence-corrected chi connectivity index (χ0v) is 12.0. The van der Waals surface area contributed by atoms with E-state index < -0.39 is 0 Å². The molecule has 1 atom stereocenters. The Morgan fingerprint density at radius 1 is 1.21 bits per heavy atom. The first kappa shape index (κ1) is 13.9. The summed E-state index contributed by atoms with van der Waals surface area (Å²) in [7, 11) is 0. The molecule has 2 heteroatoms. The van der Waals surface area contributed by atoms with Crippen LogP contribution in [-0.4, -0.2) is 12.6 Å². The van der Waals surface area contributed by atoms with E-state index >= 15 is 0 Å². The first-order chi connectivity index (χ1) is 9.15. The van der Waals surface area contributed by atoms with Gasteiger partial charge in [-0.05, 0) is 30.5 Å². The van der Waals surface area contributed by atoms with E-state index in [0.717, 1.165) is 13.0 Å². The van der Waals surface area contributed by atoms with Crippen LogP contribution in [0.15, 0.2) is 47.3 Å². The van der Waals surface area contributed by atoms with Crippen molar-refractivity contribution in [2.75, 3.05) is 6.54 Å². The number of furan rings is 1. The lowest BCUT2D eigenvalue weighted by atomic mass is 9.92. The molecule has 0 spiro atoms. The zero-order valence-electron chi connectivity index (χ0n) is 12.0. The topological polar surface area (TPSA) is 25.2 Å². The van der Waals surface area contributed by atoms with Gasteiger partial charge in [0.15, 0.2) is 0 Å². The molecule has 0 radical (unpaired) electrons. The van der Waals surface area contributed by atoms with E-state index in [1.165, 1.54) is 16.7 Å². The van der Waals surface area contributed by atoms with Gasteiger partial charge in [0.1, 0.15) is 0 Å². The van der Waals surface area contributed by atoms with Gasteiger partial charge in [0.05, 0.1) is 12.5 Å². The van der Waals surface area contributed by atoms with E-state index in [1.807, 2.05) is 6.26 Å². The molecule has 0 aliphatic rings. The second-order valence-corrected chi connectivity index (χ2v) is 5.51. The molecule has 1 aromatic heterocycles. The number of aryl methyl sites for hydroxylation is 1. The molecule has 2 aromatic rings. The highest BCUT2D eigenvalue weighted by Gasteiger charge is 2.13. The highest BCUT2D eigenvalue weighted by Crippen LogP contribution is 2.21. The smallest absolute Gasteiger partial charge is 0.0934 e. The SMILES string of the molecule is Cc1cccc(C(CNC(C)C)Cc2ccoc2)c1. The first-order valence-electron chi connectivity index (χ1n) is 6.96. The van der Waals surface area contributed by atoms with Crippen molar-refractivity contribution in [3.63, 3.8) is 0 Å². The Bertz CT molecular complexity index is 488. The van der Waals surface area contributed by atoms with Crippen LogP contribution in [0.3, 0.4) is 0 Å². The molecule has 1 N–H and O–H groups in total. The molecule has 1 aromatic carbocycles. The number of benzene rings is 1. The minimum atomic E-state index is 0.486. The Hall–Kier alpha value is -1.54. The van der Waals surface area contributed by atoms with Gasteiger partial charge >= 0.3 is 0 Å². The summed E-state index contributed by atoms with van der Waals surface area (Å²) in [5, 5.41) is 3.55. The monoisotopic (exact) mass is 257 g/mol. The maximum atomic E-state index is 5.18. The molecule has 1 unspecified atom stereocenters. The first-order valence-corrected chi connectivity index (χ1v) is 6.96. The average Bonchev–Trinajstić information content (AvgIpc) is 2.87. The van der Waals surface area contributed by atoms with E-state index in [4.69, 9.17) is 4.42 Å². The van der Waals surface area contributed by atoms with Gasteiger partial charge in [0.2, 0.25) is 0 Å². The predicted octanol–water partition coefficient (Wildman–Crippen LogP) is 3.91. The molecule has 2 nitrogen and oxygen atoms in total. The van der Waals surface area contributed by atoms with Crippen molar-refractivity contribution < 1.29 is 4.42 Å². The highest BCUT2D eigenvalue weighted by molar-refractivity contribution is 5.27. The molecule has 0 aliphatic heterocycles.